The van der Waals surface area contributed by atoms with Crippen molar-refractivity contribution in [3.05, 3.63) is 10.4 Å². The Morgan fingerprint density at radius 2 is 2.20 bits per heavy atom. The molecule has 6 heteroatoms. The zero-order valence-electron chi connectivity index (χ0n) is 8.89. The first kappa shape index (κ1) is 11.8. The maximum atomic E-state index is 11.5. The van der Waals surface area contributed by atoms with Crippen LogP contribution in [-0.2, 0) is 4.79 Å². The second kappa shape index (κ2) is 5.00. The van der Waals surface area contributed by atoms with Gasteiger partial charge in [0.15, 0.2) is 0 Å². The van der Waals surface area contributed by atoms with E-state index in [-0.39, 0.29) is 24.5 Å². The van der Waals surface area contributed by atoms with Crippen LogP contribution in [0.5, 0.6) is 0 Å². The maximum absolute atomic E-state index is 11.5. The quantitative estimate of drug-likeness (QED) is 0.428. The minimum atomic E-state index is -0.132. The van der Waals surface area contributed by atoms with Crippen molar-refractivity contribution < 1.29 is 9.90 Å². The third-order valence-electron chi connectivity index (χ3n) is 2.97. The van der Waals surface area contributed by atoms with E-state index >= 15 is 0 Å². The summed E-state index contributed by atoms with van der Waals surface area (Å²) in [5, 5.41) is 12.4. The van der Waals surface area contributed by atoms with Crippen molar-refractivity contribution in [1.29, 1.82) is 0 Å². The Morgan fingerprint density at radius 1 is 1.60 bits per heavy atom. The predicted molar refractivity (Wildman–Crippen MR) is 55.0 cm³/mol. The summed E-state index contributed by atoms with van der Waals surface area (Å²) < 4.78 is 0. The number of aliphatic hydroxyl groups is 1. The lowest BCUT2D eigenvalue weighted by molar-refractivity contribution is -0.132. The fourth-order valence-electron chi connectivity index (χ4n) is 1.65. The molecule has 0 radical (unpaired) electrons. The normalized spacial score (nSPS) is 19.5. The van der Waals surface area contributed by atoms with Gasteiger partial charge in [-0.2, -0.15) is 0 Å². The van der Waals surface area contributed by atoms with Gasteiger partial charge in [0.2, 0.25) is 5.91 Å². The number of hydrogen-bond acceptors (Lipinski definition) is 3. The second-order valence-electron chi connectivity index (χ2n) is 4.24. The van der Waals surface area contributed by atoms with Gasteiger partial charge in [-0.25, -0.2) is 0 Å². The van der Waals surface area contributed by atoms with Crippen molar-refractivity contribution in [2.24, 2.45) is 10.5 Å². The molecule has 15 heavy (non-hydrogen) atoms. The van der Waals surface area contributed by atoms with Gasteiger partial charge in [0.1, 0.15) is 6.54 Å². The summed E-state index contributed by atoms with van der Waals surface area (Å²) in [5.74, 6) is -0.132. The number of rotatable bonds is 3. The zero-order valence-corrected chi connectivity index (χ0v) is 8.89. The Bertz CT molecular complexity index is 278. The van der Waals surface area contributed by atoms with Crippen LogP contribution in [0.4, 0.5) is 0 Å². The van der Waals surface area contributed by atoms with E-state index < -0.39 is 0 Å². The summed E-state index contributed by atoms with van der Waals surface area (Å²) in [6.07, 6.45) is 1.59. The number of nitrogens with zero attached hydrogens (tertiary/aromatic N) is 4. The van der Waals surface area contributed by atoms with Gasteiger partial charge in [-0.1, -0.05) is 12.0 Å². The molecule has 1 heterocycles. The molecule has 1 amide bonds. The molecule has 84 valence electrons. The lowest BCUT2D eigenvalue weighted by atomic mass is 9.81. The number of aliphatic hydroxyl groups excluding tert-OH is 1. The van der Waals surface area contributed by atoms with Crippen molar-refractivity contribution in [3.63, 3.8) is 0 Å². The minimum Gasteiger partial charge on any atom is -0.396 e. The molecule has 1 saturated heterocycles. The van der Waals surface area contributed by atoms with E-state index in [1.54, 1.807) is 4.90 Å². The molecule has 0 aromatic heterocycles. The highest BCUT2D eigenvalue weighted by Gasteiger charge is 2.30. The van der Waals surface area contributed by atoms with Crippen LogP contribution in [-0.4, -0.2) is 42.2 Å². The zero-order chi connectivity index (χ0) is 11.3. The molecule has 1 fully saturated rings. The molecule has 0 spiro atoms. The average molecular weight is 212 g/mol. The van der Waals surface area contributed by atoms with Crippen LogP contribution in [0.25, 0.3) is 10.4 Å². The lowest BCUT2D eigenvalue weighted by Gasteiger charge is -2.38. The Balaban J connectivity index is 2.43. The molecule has 0 aromatic carbocycles. The highest BCUT2D eigenvalue weighted by Crippen LogP contribution is 2.29. The van der Waals surface area contributed by atoms with Crippen LogP contribution in [0, 0.1) is 5.41 Å². The topological polar surface area (TPSA) is 89.3 Å². The fourth-order valence-corrected chi connectivity index (χ4v) is 1.65. The number of azide groups is 1. The summed E-state index contributed by atoms with van der Waals surface area (Å²) in [6, 6.07) is 0. The summed E-state index contributed by atoms with van der Waals surface area (Å²) in [6.45, 7) is 3.34. The number of likely N-dealkylation sites (tertiary alicyclic amines) is 1. The van der Waals surface area contributed by atoms with Gasteiger partial charge < -0.3 is 10.0 Å². The molecule has 1 aliphatic rings. The SMILES string of the molecule is CC1(CO)CCN(C(=O)CN=[N+]=[N-])CC1. The fraction of sp³-hybridized carbons (Fsp3) is 0.889. The molecule has 0 unspecified atom stereocenters. The van der Waals surface area contributed by atoms with Gasteiger partial charge in [-0.05, 0) is 23.8 Å². The second-order valence-corrected chi connectivity index (χ2v) is 4.24. The number of hydrogen-bond donors (Lipinski definition) is 1. The Kier molecular flexibility index (Phi) is 3.94. The van der Waals surface area contributed by atoms with E-state index in [2.05, 4.69) is 10.0 Å². The molecular formula is C9H16N4O2. The molecule has 1 N–H and O–H groups in total. The predicted octanol–water partition coefficient (Wildman–Crippen LogP) is 0.918. The Morgan fingerprint density at radius 3 is 2.67 bits per heavy atom. The minimum absolute atomic E-state index is 0.0602. The highest BCUT2D eigenvalue weighted by molar-refractivity contribution is 5.78. The molecule has 6 nitrogen and oxygen atoms in total. The van der Waals surface area contributed by atoms with Crippen LogP contribution < -0.4 is 0 Å². The van der Waals surface area contributed by atoms with Crippen molar-refractivity contribution in [3.8, 4) is 0 Å². The number of amides is 1. The van der Waals surface area contributed by atoms with Crippen molar-refractivity contribution in [2.45, 2.75) is 19.8 Å². The van der Waals surface area contributed by atoms with Gasteiger partial charge in [0.25, 0.3) is 0 Å². The smallest absolute Gasteiger partial charge is 0.228 e. The standard InChI is InChI=1S/C9H16N4O2/c1-9(7-14)2-4-13(5-3-9)8(15)6-11-12-10/h14H,2-7H2,1H3. The number of carbonyl (C=O) groups excluding carboxylic acids is 1. The summed E-state index contributed by atoms with van der Waals surface area (Å²) in [7, 11) is 0. The first-order valence-electron chi connectivity index (χ1n) is 5.01. The van der Waals surface area contributed by atoms with Crippen LogP contribution >= 0.6 is 0 Å². The molecule has 0 atom stereocenters. The Hall–Kier alpha value is -1.26. The van der Waals surface area contributed by atoms with Crippen LogP contribution in [0.3, 0.4) is 0 Å². The van der Waals surface area contributed by atoms with Gasteiger partial charge in [0.05, 0.1) is 0 Å². The molecule has 0 aromatic rings. The van der Waals surface area contributed by atoms with E-state index in [4.69, 9.17) is 10.6 Å². The molecule has 0 bridgehead atoms. The van der Waals surface area contributed by atoms with Gasteiger partial charge >= 0.3 is 0 Å². The van der Waals surface area contributed by atoms with Crippen LogP contribution in [0.2, 0.25) is 0 Å². The largest absolute Gasteiger partial charge is 0.396 e. The monoisotopic (exact) mass is 212 g/mol. The summed E-state index contributed by atoms with van der Waals surface area (Å²) in [4.78, 5) is 15.7. The van der Waals surface area contributed by atoms with E-state index in [0.717, 1.165) is 12.8 Å². The third kappa shape index (κ3) is 3.11. The van der Waals surface area contributed by atoms with Crippen molar-refractivity contribution in [1.82, 2.24) is 4.90 Å². The maximum Gasteiger partial charge on any atom is 0.228 e. The molecule has 0 aliphatic carbocycles. The van der Waals surface area contributed by atoms with E-state index in [0.29, 0.717) is 13.1 Å². The van der Waals surface area contributed by atoms with Gasteiger partial charge in [0, 0.05) is 24.6 Å². The number of carbonyl (C=O) groups is 1. The van der Waals surface area contributed by atoms with Crippen molar-refractivity contribution >= 4 is 5.91 Å². The van der Waals surface area contributed by atoms with Gasteiger partial charge in [-0.15, -0.1) is 0 Å². The third-order valence-corrected chi connectivity index (χ3v) is 2.97. The highest BCUT2D eigenvalue weighted by atomic mass is 16.3. The molecule has 0 saturated carbocycles. The first-order chi connectivity index (χ1) is 7.11. The van der Waals surface area contributed by atoms with Gasteiger partial charge in [-0.3, -0.25) is 4.79 Å². The molecule has 1 rings (SSSR count). The summed E-state index contributed by atoms with van der Waals surface area (Å²) in [5.41, 5.74) is 8.03. The van der Waals surface area contributed by atoms with Crippen LogP contribution in [0.15, 0.2) is 5.11 Å². The van der Waals surface area contributed by atoms with E-state index in [9.17, 15) is 4.79 Å². The molecule has 1 aliphatic heterocycles. The summed E-state index contributed by atoms with van der Waals surface area (Å²) >= 11 is 0. The van der Waals surface area contributed by atoms with E-state index in [1.165, 1.54) is 0 Å². The van der Waals surface area contributed by atoms with Crippen molar-refractivity contribution in [2.75, 3.05) is 26.2 Å². The lowest BCUT2D eigenvalue weighted by Crippen LogP contribution is -2.44. The number of piperidine rings is 1. The van der Waals surface area contributed by atoms with E-state index in [1.807, 2.05) is 6.92 Å². The average Bonchev–Trinajstić information content (AvgIpc) is 2.27. The molecular weight excluding hydrogens is 196 g/mol. The van der Waals surface area contributed by atoms with Crippen LogP contribution in [0.1, 0.15) is 19.8 Å². The Labute approximate surface area is 88.5 Å². The first-order valence-corrected chi connectivity index (χ1v) is 5.01.